The summed E-state index contributed by atoms with van der Waals surface area (Å²) in [6.45, 7) is 2.88. The number of fused-ring (bicyclic) bond motifs is 1. The number of thiazole rings is 1. The van der Waals surface area contributed by atoms with Crippen LogP contribution in [0.15, 0.2) is 48.8 Å². The van der Waals surface area contributed by atoms with Crippen LogP contribution < -0.4 is 5.56 Å². The molecule has 0 aromatic carbocycles. The van der Waals surface area contributed by atoms with Gasteiger partial charge in [0.1, 0.15) is 0 Å². The fourth-order valence-corrected chi connectivity index (χ4v) is 4.44. The number of nitrogens with zero attached hydrogens (tertiary/aromatic N) is 5. The van der Waals surface area contributed by atoms with Gasteiger partial charge < -0.3 is 4.42 Å². The zero-order valence-electron chi connectivity index (χ0n) is 13.8. The van der Waals surface area contributed by atoms with Crippen molar-refractivity contribution in [1.82, 2.24) is 24.1 Å². The molecule has 4 aromatic heterocycles. The van der Waals surface area contributed by atoms with Crippen LogP contribution in [-0.4, -0.2) is 24.1 Å². The fourth-order valence-electron chi connectivity index (χ4n) is 2.54. The molecule has 0 saturated carbocycles. The summed E-state index contributed by atoms with van der Waals surface area (Å²) >= 11 is 6.27. The predicted molar refractivity (Wildman–Crippen MR) is 105 cm³/mol. The highest BCUT2D eigenvalue weighted by molar-refractivity contribution is 9.10. The van der Waals surface area contributed by atoms with Gasteiger partial charge in [0.25, 0.3) is 5.56 Å². The molecule has 10 heteroatoms. The molecule has 0 atom stereocenters. The second-order valence-electron chi connectivity index (χ2n) is 5.49. The number of halogens is 1. The van der Waals surface area contributed by atoms with Gasteiger partial charge in [0.05, 0.1) is 5.69 Å². The van der Waals surface area contributed by atoms with Crippen LogP contribution in [0.3, 0.4) is 0 Å². The van der Waals surface area contributed by atoms with E-state index in [1.54, 1.807) is 16.7 Å². The number of furan rings is 1. The number of rotatable bonds is 6. The average Bonchev–Trinajstić information content (AvgIpc) is 3.33. The molecular formula is C16H14BrN5O2S2. The summed E-state index contributed by atoms with van der Waals surface area (Å²) < 4.78 is 9.85. The number of hydrogen-bond donors (Lipinski definition) is 0. The van der Waals surface area contributed by atoms with Gasteiger partial charge >= 0.3 is 0 Å². The Labute approximate surface area is 165 Å². The van der Waals surface area contributed by atoms with Crippen molar-refractivity contribution in [3.05, 3.63) is 50.5 Å². The van der Waals surface area contributed by atoms with Crippen molar-refractivity contribution in [2.24, 2.45) is 0 Å². The predicted octanol–water partition coefficient (Wildman–Crippen LogP) is 4.07. The van der Waals surface area contributed by atoms with E-state index < -0.39 is 0 Å². The van der Waals surface area contributed by atoms with E-state index in [-0.39, 0.29) is 5.56 Å². The van der Waals surface area contributed by atoms with E-state index in [1.165, 1.54) is 23.1 Å². The standard InChI is InChI=1S/C16H14BrN5O2S2/c1-2-5-22-14(11-3-4-12(17)24-11)19-20-16(22)26-9-10-8-13(23)21-6-7-25-15(21)18-10/h3-4,6-8H,2,5,9H2,1H3. The maximum absolute atomic E-state index is 12.1. The van der Waals surface area contributed by atoms with Gasteiger partial charge in [0.2, 0.25) is 5.82 Å². The van der Waals surface area contributed by atoms with E-state index >= 15 is 0 Å². The Bertz CT molecular complexity index is 1110. The Morgan fingerprint density at radius 3 is 3.00 bits per heavy atom. The summed E-state index contributed by atoms with van der Waals surface area (Å²) in [5, 5.41) is 11.2. The molecule has 0 fully saturated rings. The number of thioether (sulfide) groups is 1. The molecule has 0 amide bonds. The van der Waals surface area contributed by atoms with Crippen LogP contribution in [0.2, 0.25) is 0 Å². The van der Waals surface area contributed by atoms with E-state index in [0.29, 0.717) is 27.0 Å². The molecule has 0 aliphatic rings. The van der Waals surface area contributed by atoms with Crippen molar-refractivity contribution < 1.29 is 4.42 Å². The minimum absolute atomic E-state index is 0.0667. The summed E-state index contributed by atoms with van der Waals surface area (Å²) in [5.41, 5.74) is 0.666. The lowest BCUT2D eigenvalue weighted by molar-refractivity contribution is 0.539. The second-order valence-corrected chi connectivity index (χ2v) is 8.09. The maximum atomic E-state index is 12.1. The summed E-state index contributed by atoms with van der Waals surface area (Å²) in [4.78, 5) is 17.3. The Morgan fingerprint density at radius 1 is 1.35 bits per heavy atom. The first-order valence-corrected chi connectivity index (χ1v) is 10.6. The monoisotopic (exact) mass is 451 g/mol. The van der Waals surface area contributed by atoms with E-state index in [1.807, 2.05) is 22.1 Å². The van der Waals surface area contributed by atoms with Crippen molar-refractivity contribution in [1.29, 1.82) is 0 Å². The van der Waals surface area contributed by atoms with E-state index in [0.717, 1.165) is 23.8 Å². The molecular weight excluding hydrogens is 438 g/mol. The third-order valence-corrected chi connectivity index (χ3v) is 5.85. The van der Waals surface area contributed by atoms with Gasteiger partial charge in [-0.2, -0.15) is 0 Å². The lowest BCUT2D eigenvalue weighted by Crippen LogP contribution is -2.12. The molecule has 0 radical (unpaired) electrons. The molecule has 7 nitrogen and oxygen atoms in total. The zero-order valence-corrected chi connectivity index (χ0v) is 17.0. The van der Waals surface area contributed by atoms with Crippen LogP contribution in [0, 0.1) is 0 Å². The summed E-state index contributed by atoms with van der Waals surface area (Å²) in [6, 6.07) is 5.26. The first-order valence-electron chi connectivity index (χ1n) is 7.93. The Balaban J connectivity index is 1.61. The summed E-state index contributed by atoms with van der Waals surface area (Å²) in [5.74, 6) is 1.91. The first-order chi connectivity index (χ1) is 12.7. The van der Waals surface area contributed by atoms with Gasteiger partial charge in [0.15, 0.2) is 20.5 Å². The van der Waals surface area contributed by atoms with Crippen LogP contribution in [0.1, 0.15) is 19.0 Å². The van der Waals surface area contributed by atoms with Crippen LogP contribution in [0.4, 0.5) is 0 Å². The van der Waals surface area contributed by atoms with Gasteiger partial charge in [-0.15, -0.1) is 21.5 Å². The highest BCUT2D eigenvalue weighted by atomic mass is 79.9. The maximum Gasteiger partial charge on any atom is 0.258 e. The van der Waals surface area contributed by atoms with Crippen molar-refractivity contribution in [2.45, 2.75) is 30.8 Å². The third-order valence-electron chi connectivity index (χ3n) is 3.66. The smallest absolute Gasteiger partial charge is 0.258 e. The largest absolute Gasteiger partial charge is 0.446 e. The van der Waals surface area contributed by atoms with Crippen molar-refractivity contribution >= 4 is 44.0 Å². The van der Waals surface area contributed by atoms with Gasteiger partial charge in [-0.1, -0.05) is 18.7 Å². The van der Waals surface area contributed by atoms with Gasteiger partial charge in [-0.05, 0) is 34.5 Å². The molecule has 4 heterocycles. The topological polar surface area (TPSA) is 78.2 Å². The average molecular weight is 452 g/mol. The van der Waals surface area contributed by atoms with Crippen molar-refractivity contribution in [3.63, 3.8) is 0 Å². The van der Waals surface area contributed by atoms with Gasteiger partial charge in [-0.25, -0.2) is 4.98 Å². The van der Waals surface area contributed by atoms with Crippen LogP contribution in [-0.2, 0) is 12.3 Å². The van der Waals surface area contributed by atoms with Crippen LogP contribution >= 0.6 is 39.0 Å². The molecule has 4 rings (SSSR count). The molecule has 0 aliphatic carbocycles. The van der Waals surface area contributed by atoms with Crippen molar-refractivity contribution in [2.75, 3.05) is 0 Å². The SMILES string of the molecule is CCCn1c(SCc2cc(=O)n3ccsc3n2)nnc1-c1ccc(Br)o1. The van der Waals surface area contributed by atoms with Crippen LogP contribution in [0.25, 0.3) is 16.5 Å². The molecule has 0 bridgehead atoms. The summed E-state index contributed by atoms with van der Waals surface area (Å²) in [6.07, 6.45) is 2.68. The lowest BCUT2D eigenvalue weighted by Gasteiger charge is -2.07. The second kappa shape index (κ2) is 7.37. The molecule has 0 saturated heterocycles. The van der Waals surface area contributed by atoms with Crippen molar-refractivity contribution in [3.8, 4) is 11.6 Å². The highest BCUT2D eigenvalue weighted by Gasteiger charge is 2.17. The molecule has 0 N–H and O–H groups in total. The molecule has 134 valence electrons. The zero-order chi connectivity index (χ0) is 18.1. The van der Waals surface area contributed by atoms with E-state index in [9.17, 15) is 4.79 Å². The van der Waals surface area contributed by atoms with Gasteiger partial charge in [0, 0.05) is 29.9 Å². The Hall–Kier alpha value is -1.91. The van der Waals surface area contributed by atoms with E-state index in [2.05, 4.69) is 38.0 Å². The first kappa shape index (κ1) is 17.5. The van der Waals surface area contributed by atoms with Crippen LogP contribution in [0.5, 0.6) is 0 Å². The minimum atomic E-state index is -0.0667. The van der Waals surface area contributed by atoms with E-state index in [4.69, 9.17) is 4.42 Å². The molecule has 4 aromatic rings. The van der Waals surface area contributed by atoms with Gasteiger partial charge in [-0.3, -0.25) is 13.8 Å². The molecule has 26 heavy (non-hydrogen) atoms. The quantitative estimate of drug-likeness (QED) is 0.411. The minimum Gasteiger partial charge on any atom is -0.446 e. The fraction of sp³-hybridized carbons (Fsp3) is 0.250. The Morgan fingerprint density at radius 2 is 2.23 bits per heavy atom. The third kappa shape index (κ3) is 3.36. The molecule has 0 unspecified atom stereocenters. The molecule has 0 spiro atoms. The summed E-state index contributed by atoms with van der Waals surface area (Å²) in [7, 11) is 0. The number of hydrogen-bond acceptors (Lipinski definition) is 7. The normalized spacial score (nSPS) is 11.5. The number of aromatic nitrogens is 5. The highest BCUT2D eigenvalue weighted by Crippen LogP contribution is 2.28. The lowest BCUT2D eigenvalue weighted by atomic mass is 10.4. The Kier molecular flexibility index (Phi) is 4.96. The molecule has 0 aliphatic heterocycles.